The molecule has 0 saturated carbocycles. The van der Waals surface area contributed by atoms with E-state index in [1.807, 2.05) is 6.92 Å². The minimum absolute atomic E-state index is 0.551. The van der Waals surface area contributed by atoms with Gasteiger partial charge in [-0.25, -0.2) is 0 Å². The lowest BCUT2D eigenvalue weighted by Gasteiger charge is -2.15. The number of aryl methyl sites for hydroxylation is 1. The fraction of sp³-hybridized carbons (Fsp3) is 0.636. The van der Waals surface area contributed by atoms with E-state index >= 15 is 0 Å². The molecule has 0 aliphatic heterocycles. The molecular formula is C11H20N2O2Si. The van der Waals surface area contributed by atoms with Gasteiger partial charge in [0.05, 0.1) is 19.8 Å². The van der Waals surface area contributed by atoms with E-state index in [1.165, 1.54) is 0 Å². The van der Waals surface area contributed by atoms with Crippen molar-refractivity contribution < 1.29 is 9.47 Å². The van der Waals surface area contributed by atoms with Crippen molar-refractivity contribution in [2.75, 3.05) is 13.7 Å². The van der Waals surface area contributed by atoms with E-state index in [-0.39, 0.29) is 0 Å². The molecule has 4 nitrogen and oxygen atoms in total. The summed E-state index contributed by atoms with van der Waals surface area (Å²) in [4.78, 5) is 8.31. The van der Waals surface area contributed by atoms with Gasteiger partial charge in [0.1, 0.15) is 5.82 Å². The van der Waals surface area contributed by atoms with Crippen LogP contribution in [-0.4, -0.2) is 31.8 Å². The molecule has 1 aromatic heterocycles. The molecule has 1 rings (SSSR count). The lowest BCUT2D eigenvalue weighted by atomic mass is 10.5. The highest BCUT2D eigenvalue weighted by Gasteiger charge is 2.13. The Morgan fingerprint density at radius 3 is 2.38 bits per heavy atom. The number of aromatic nitrogens is 2. The minimum atomic E-state index is -1.05. The number of hydrogen-bond acceptors (Lipinski definition) is 4. The summed E-state index contributed by atoms with van der Waals surface area (Å²) in [6, 6.07) is 2.84. The molecule has 5 heteroatoms. The number of rotatable bonds is 5. The summed E-state index contributed by atoms with van der Waals surface area (Å²) in [5, 5.41) is 0. The second-order valence-electron chi connectivity index (χ2n) is 4.95. The van der Waals surface area contributed by atoms with Gasteiger partial charge < -0.3 is 9.47 Å². The number of ether oxygens (including phenoxy) is 2. The van der Waals surface area contributed by atoms with Crippen molar-refractivity contribution in [1.82, 2.24) is 9.97 Å². The van der Waals surface area contributed by atoms with Crippen LogP contribution in [0, 0.1) is 6.92 Å². The van der Waals surface area contributed by atoms with Gasteiger partial charge in [0.25, 0.3) is 0 Å². The monoisotopic (exact) mass is 240 g/mol. The Morgan fingerprint density at radius 2 is 1.81 bits per heavy atom. The van der Waals surface area contributed by atoms with Gasteiger partial charge in [-0.3, -0.25) is 0 Å². The first-order chi connectivity index (χ1) is 7.40. The minimum Gasteiger partial charge on any atom is -0.481 e. The van der Waals surface area contributed by atoms with Gasteiger partial charge in [-0.2, -0.15) is 9.97 Å². The molecule has 1 aromatic rings. The maximum atomic E-state index is 5.61. The van der Waals surface area contributed by atoms with Crippen molar-refractivity contribution in [3.63, 3.8) is 0 Å². The average Bonchev–Trinajstić information content (AvgIpc) is 2.14. The zero-order valence-electron chi connectivity index (χ0n) is 10.7. The Kier molecular flexibility index (Phi) is 4.29. The molecule has 0 saturated heterocycles. The number of nitrogens with zero attached hydrogens (tertiary/aromatic N) is 2. The third-order valence-electron chi connectivity index (χ3n) is 2.10. The molecule has 0 amide bonds. The molecule has 0 unspecified atom stereocenters. The fourth-order valence-electron chi connectivity index (χ4n) is 1.15. The average molecular weight is 240 g/mol. The van der Waals surface area contributed by atoms with Crippen molar-refractivity contribution in [2.45, 2.75) is 32.6 Å². The summed E-state index contributed by atoms with van der Waals surface area (Å²) in [6.07, 6.45) is 0. The van der Waals surface area contributed by atoms with Crippen molar-refractivity contribution in [3.05, 3.63) is 11.9 Å². The quantitative estimate of drug-likeness (QED) is 0.742. The third kappa shape index (κ3) is 4.61. The zero-order chi connectivity index (χ0) is 12.2. The molecule has 0 aliphatic carbocycles. The van der Waals surface area contributed by atoms with Crippen molar-refractivity contribution in [3.8, 4) is 11.8 Å². The van der Waals surface area contributed by atoms with Gasteiger partial charge in [0.15, 0.2) is 0 Å². The molecule has 0 N–H and O–H groups in total. The SMILES string of the molecule is COc1cc(OCC[Si](C)(C)C)nc(C)n1. The fourth-order valence-corrected chi connectivity index (χ4v) is 1.87. The first-order valence-electron chi connectivity index (χ1n) is 5.43. The molecule has 0 atom stereocenters. The van der Waals surface area contributed by atoms with Crippen LogP contribution in [0.3, 0.4) is 0 Å². The van der Waals surface area contributed by atoms with E-state index in [1.54, 1.807) is 13.2 Å². The van der Waals surface area contributed by atoms with E-state index in [2.05, 4.69) is 29.6 Å². The summed E-state index contributed by atoms with van der Waals surface area (Å²) < 4.78 is 10.7. The largest absolute Gasteiger partial charge is 0.481 e. The Bertz CT molecular complexity index is 350. The molecule has 16 heavy (non-hydrogen) atoms. The summed E-state index contributed by atoms with van der Waals surface area (Å²) in [6.45, 7) is 9.51. The molecule has 0 aliphatic rings. The summed E-state index contributed by atoms with van der Waals surface area (Å²) in [5.41, 5.74) is 0. The summed E-state index contributed by atoms with van der Waals surface area (Å²) in [5.74, 6) is 1.82. The van der Waals surface area contributed by atoms with Crippen molar-refractivity contribution in [1.29, 1.82) is 0 Å². The molecule has 0 radical (unpaired) electrons. The van der Waals surface area contributed by atoms with Crippen LogP contribution in [-0.2, 0) is 0 Å². The highest BCUT2D eigenvalue weighted by Crippen LogP contribution is 2.16. The van der Waals surface area contributed by atoms with Gasteiger partial charge in [0, 0.05) is 8.07 Å². The molecule has 90 valence electrons. The van der Waals surface area contributed by atoms with E-state index in [9.17, 15) is 0 Å². The predicted molar refractivity (Wildman–Crippen MR) is 67.0 cm³/mol. The summed E-state index contributed by atoms with van der Waals surface area (Å²) >= 11 is 0. The van der Waals surface area contributed by atoms with Crippen LogP contribution >= 0.6 is 0 Å². The van der Waals surface area contributed by atoms with Crippen LogP contribution in [0.15, 0.2) is 6.07 Å². The predicted octanol–water partition coefficient (Wildman–Crippen LogP) is 2.51. The maximum Gasteiger partial charge on any atom is 0.220 e. The highest BCUT2D eigenvalue weighted by atomic mass is 28.3. The highest BCUT2D eigenvalue weighted by molar-refractivity contribution is 6.76. The molecule has 0 spiro atoms. The van der Waals surface area contributed by atoms with E-state index < -0.39 is 8.07 Å². The smallest absolute Gasteiger partial charge is 0.220 e. The Labute approximate surface area is 98.0 Å². The molecule has 1 heterocycles. The van der Waals surface area contributed by atoms with Crippen molar-refractivity contribution >= 4 is 8.07 Å². The molecular weight excluding hydrogens is 220 g/mol. The van der Waals surface area contributed by atoms with Gasteiger partial charge in [-0.1, -0.05) is 19.6 Å². The molecule has 0 bridgehead atoms. The second-order valence-corrected chi connectivity index (χ2v) is 10.6. The van der Waals surface area contributed by atoms with Crippen LogP contribution in [0.25, 0.3) is 0 Å². The van der Waals surface area contributed by atoms with Gasteiger partial charge in [-0.15, -0.1) is 0 Å². The number of methoxy groups -OCH3 is 1. The third-order valence-corrected chi connectivity index (χ3v) is 3.81. The first kappa shape index (κ1) is 13.0. The van der Waals surface area contributed by atoms with Crippen LogP contribution in [0.5, 0.6) is 11.8 Å². The van der Waals surface area contributed by atoms with Gasteiger partial charge in [0.2, 0.25) is 11.8 Å². The van der Waals surface area contributed by atoms with Gasteiger partial charge in [-0.05, 0) is 13.0 Å². The Balaban J connectivity index is 2.57. The maximum absolute atomic E-state index is 5.61. The second kappa shape index (κ2) is 5.29. The van der Waals surface area contributed by atoms with Gasteiger partial charge >= 0.3 is 0 Å². The zero-order valence-corrected chi connectivity index (χ0v) is 11.7. The summed E-state index contributed by atoms with van der Waals surface area (Å²) in [7, 11) is 0.545. The first-order valence-corrected chi connectivity index (χ1v) is 9.14. The lowest BCUT2D eigenvalue weighted by Crippen LogP contribution is -2.22. The topological polar surface area (TPSA) is 44.2 Å². The van der Waals surface area contributed by atoms with Crippen LogP contribution in [0.2, 0.25) is 25.7 Å². The van der Waals surface area contributed by atoms with E-state index in [0.717, 1.165) is 12.7 Å². The Morgan fingerprint density at radius 1 is 1.19 bits per heavy atom. The van der Waals surface area contributed by atoms with Crippen LogP contribution < -0.4 is 9.47 Å². The molecule has 0 fully saturated rings. The lowest BCUT2D eigenvalue weighted by molar-refractivity contribution is 0.317. The Hall–Kier alpha value is -1.10. The van der Waals surface area contributed by atoms with E-state index in [4.69, 9.17) is 9.47 Å². The molecule has 0 aromatic carbocycles. The van der Waals surface area contributed by atoms with E-state index in [0.29, 0.717) is 17.6 Å². The normalized spacial score (nSPS) is 11.3. The van der Waals surface area contributed by atoms with Crippen LogP contribution in [0.1, 0.15) is 5.82 Å². The standard InChI is InChI=1S/C11H20N2O2Si/c1-9-12-10(14-2)8-11(13-9)15-6-7-16(3,4)5/h8H,6-7H2,1-5H3. The number of hydrogen-bond donors (Lipinski definition) is 0. The van der Waals surface area contributed by atoms with Crippen LogP contribution in [0.4, 0.5) is 0 Å². The van der Waals surface area contributed by atoms with Crippen molar-refractivity contribution in [2.24, 2.45) is 0 Å².